The van der Waals surface area contributed by atoms with Gasteiger partial charge in [0.25, 0.3) is 5.91 Å². The van der Waals surface area contributed by atoms with Crippen LogP contribution in [0.1, 0.15) is 36.5 Å². The summed E-state index contributed by atoms with van der Waals surface area (Å²) >= 11 is 6.62. The second-order valence-corrected chi connectivity index (χ2v) is 7.94. The highest BCUT2D eigenvalue weighted by Gasteiger charge is 2.45. The number of thiocarbonyl (C=S) groups is 1. The number of hydrogen-bond donors (Lipinski definition) is 0. The molecule has 1 saturated carbocycles. The number of carbonyl (C=O) groups excluding carboxylic acids is 2. The van der Waals surface area contributed by atoms with E-state index in [4.69, 9.17) is 17.0 Å². The highest BCUT2D eigenvalue weighted by molar-refractivity contribution is 8.23. The van der Waals surface area contributed by atoms with E-state index in [0.717, 1.165) is 12.8 Å². The van der Waals surface area contributed by atoms with Gasteiger partial charge in [-0.2, -0.15) is 0 Å². The lowest BCUT2D eigenvalue weighted by Gasteiger charge is -2.47. The van der Waals surface area contributed by atoms with Crippen molar-refractivity contribution in [3.8, 4) is 0 Å². The Kier molecular flexibility index (Phi) is 5.56. The van der Waals surface area contributed by atoms with Crippen LogP contribution in [0.15, 0.2) is 30.3 Å². The molecule has 128 valence electrons. The summed E-state index contributed by atoms with van der Waals surface area (Å²) in [5.74, 6) is 0.741. The number of carbonyl (C=O) groups is 2. The molecule has 6 heteroatoms. The van der Waals surface area contributed by atoms with Crippen LogP contribution in [0.3, 0.4) is 0 Å². The summed E-state index contributed by atoms with van der Waals surface area (Å²) in [5, 5.41) is -0.112. The second-order valence-electron chi connectivity index (χ2n) is 6.22. The number of benzene rings is 1. The molecule has 0 radical (unpaired) electrons. The molecule has 1 aromatic carbocycles. The lowest BCUT2D eigenvalue weighted by molar-refractivity contribution is -0.122. The lowest BCUT2D eigenvalue weighted by Crippen LogP contribution is -2.57. The van der Waals surface area contributed by atoms with Gasteiger partial charge in [0.05, 0.1) is 12.0 Å². The first-order valence-corrected chi connectivity index (χ1v) is 9.61. The van der Waals surface area contributed by atoms with E-state index in [1.165, 1.54) is 11.8 Å². The maximum atomic E-state index is 12.7. The maximum absolute atomic E-state index is 12.7. The van der Waals surface area contributed by atoms with E-state index in [0.29, 0.717) is 35.3 Å². The Bertz CT molecular complexity index is 630. The van der Waals surface area contributed by atoms with Crippen molar-refractivity contribution >= 4 is 40.1 Å². The minimum atomic E-state index is -0.112. The van der Waals surface area contributed by atoms with Crippen molar-refractivity contribution in [2.45, 2.75) is 31.6 Å². The quantitative estimate of drug-likeness (QED) is 0.724. The first-order valence-electron chi connectivity index (χ1n) is 8.32. The molecule has 0 unspecified atom stereocenters. The molecule has 0 N–H and O–H groups in total. The SMILES string of the molecule is CCOC(=S)S[C@@H]1[C@@H](CC(=O)C2CC2)CN1C(=O)c1ccccc1. The van der Waals surface area contributed by atoms with Crippen molar-refractivity contribution in [2.24, 2.45) is 11.8 Å². The number of nitrogens with zero attached hydrogens (tertiary/aromatic N) is 1. The van der Waals surface area contributed by atoms with Crippen LogP contribution in [0.25, 0.3) is 0 Å². The highest BCUT2D eigenvalue weighted by atomic mass is 32.2. The Morgan fingerprint density at radius 1 is 1.29 bits per heavy atom. The molecule has 2 atom stereocenters. The van der Waals surface area contributed by atoms with Crippen molar-refractivity contribution in [3.63, 3.8) is 0 Å². The fraction of sp³-hybridized carbons (Fsp3) is 0.500. The normalized spacial score (nSPS) is 22.6. The van der Waals surface area contributed by atoms with Gasteiger partial charge in [0, 0.05) is 30.4 Å². The monoisotopic (exact) mass is 363 g/mol. The number of Topliss-reactive ketones (excluding diaryl/α,β-unsaturated/α-hetero) is 1. The van der Waals surface area contributed by atoms with Gasteiger partial charge in [-0.05, 0) is 44.1 Å². The Morgan fingerprint density at radius 3 is 2.62 bits per heavy atom. The van der Waals surface area contributed by atoms with Gasteiger partial charge in [-0.1, -0.05) is 30.0 Å². The van der Waals surface area contributed by atoms with E-state index in [-0.39, 0.29) is 23.1 Å². The van der Waals surface area contributed by atoms with E-state index in [1.807, 2.05) is 37.3 Å². The standard InChI is InChI=1S/C18H21NO3S2/c1-2-22-18(23)24-17-14(10-15(20)12-8-9-12)11-19(17)16(21)13-6-4-3-5-7-13/h3-7,12,14,17H,2,8-11H2,1H3/t14-,17+/m0/s1. The summed E-state index contributed by atoms with van der Waals surface area (Å²) in [6, 6.07) is 9.23. The lowest BCUT2D eigenvalue weighted by atomic mass is 9.91. The van der Waals surface area contributed by atoms with Crippen LogP contribution >= 0.6 is 24.0 Å². The largest absolute Gasteiger partial charge is 0.479 e. The van der Waals surface area contributed by atoms with Crippen LogP contribution in [0.5, 0.6) is 0 Å². The molecule has 3 rings (SSSR count). The summed E-state index contributed by atoms with van der Waals surface area (Å²) in [6.45, 7) is 3.00. The van der Waals surface area contributed by atoms with E-state index >= 15 is 0 Å². The molecular weight excluding hydrogens is 342 g/mol. The Balaban J connectivity index is 1.67. The zero-order chi connectivity index (χ0) is 17.1. The van der Waals surface area contributed by atoms with Crippen molar-refractivity contribution in [1.29, 1.82) is 0 Å². The fourth-order valence-electron chi connectivity index (χ4n) is 2.91. The molecule has 0 spiro atoms. The van der Waals surface area contributed by atoms with E-state index in [2.05, 4.69) is 0 Å². The third-order valence-electron chi connectivity index (χ3n) is 4.40. The van der Waals surface area contributed by atoms with Crippen LogP contribution in [-0.4, -0.2) is 39.5 Å². The van der Waals surface area contributed by atoms with Gasteiger partial charge in [0.15, 0.2) is 0 Å². The van der Waals surface area contributed by atoms with Crippen molar-refractivity contribution < 1.29 is 14.3 Å². The summed E-state index contributed by atoms with van der Waals surface area (Å²) < 4.78 is 5.81. The van der Waals surface area contributed by atoms with E-state index in [1.54, 1.807) is 4.90 Å². The summed E-state index contributed by atoms with van der Waals surface area (Å²) in [4.78, 5) is 26.6. The topological polar surface area (TPSA) is 46.6 Å². The summed E-state index contributed by atoms with van der Waals surface area (Å²) in [6.07, 6.45) is 2.58. The first kappa shape index (κ1) is 17.4. The third-order valence-corrected chi connectivity index (χ3v) is 6.00. The predicted molar refractivity (Wildman–Crippen MR) is 98.9 cm³/mol. The van der Waals surface area contributed by atoms with Gasteiger partial charge >= 0.3 is 0 Å². The van der Waals surface area contributed by atoms with Gasteiger partial charge in [-0.25, -0.2) is 0 Å². The molecule has 1 aliphatic carbocycles. The molecule has 1 saturated heterocycles. The van der Waals surface area contributed by atoms with Gasteiger partial charge in [-0.15, -0.1) is 0 Å². The smallest absolute Gasteiger partial charge is 0.254 e. The van der Waals surface area contributed by atoms with Crippen molar-refractivity contribution in [1.82, 2.24) is 4.90 Å². The molecule has 0 bridgehead atoms. The average Bonchev–Trinajstić information content (AvgIpc) is 3.41. The van der Waals surface area contributed by atoms with E-state index < -0.39 is 0 Å². The number of hydrogen-bond acceptors (Lipinski definition) is 5. The number of likely N-dealkylation sites (tertiary alicyclic amines) is 1. The zero-order valence-electron chi connectivity index (χ0n) is 13.6. The van der Waals surface area contributed by atoms with Crippen molar-refractivity contribution in [2.75, 3.05) is 13.2 Å². The molecule has 1 amide bonds. The van der Waals surface area contributed by atoms with Crippen LogP contribution < -0.4 is 0 Å². The van der Waals surface area contributed by atoms with E-state index in [9.17, 15) is 9.59 Å². The summed E-state index contributed by atoms with van der Waals surface area (Å²) in [7, 11) is 0. The Labute approximate surface area is 151 Å². The number of amides is 1. The molecular formula is C18H21NO3S2. The molecule has 0 aromatic heterocycles. The zero-order valence-corrected chi connectivity index (χ0v) is 15.3. The van der Waals surface area contributed by atoms with Crippen LogP contribution in [0.4, 0.5) is 0 Å². The number of rotatable bonds is 6. The average molecular weight is 364 g/mol. The van der Waals surface area contributed by atoms with Gasteiger partial charge in [-0.3, -0.25) is 9.59 Å². The maximum Gasteiger partial charge on any atom is 0.254 e. The molecule has 4 nitrogen and oxygen atoms in total. The fourth-order valence-corrected chi connectivity index (χ4v) is 4.39. The molecule has 1 aliphatic heterocycles. The van der Waals surface area contributed by atoms with Gasteiger partial charge < -0.3 is 9.64 Å². The number of ketones is 1. The molecule has 24 heavy (non-hydrogen) atoms. The first-order chi connectivity index (χ1) is 11.6. The highest BCUT2D eigenvalue weighted by Crippen LogP contribution is 2.41. The Hall–Kier alpha value is -1.40. The van der Waals surface area contributed by atoms with Gasteiger partial charge in [0.1, 0.15) is 5.78 Å². The summed E-state index contributed by atoms with van der Waals surface area (Å²) in [5.41, 5.74) is 0.664. The molecule has 2 fully saturated rings. The minimum Gasteiger partial charge on any atom is -0.479 e. The number of thioether (sulfide) groups is 1. The number of ether oxygens (including phenoxy) is 1. The van der Waals surface area contributed by atoms with Crippen LogP contribution in [0, 0.1) is 11.8 Å². The van der Waals surface area contributed by atoms with Crippen LogP contribution in [-0.2, 0) is 9.53 Å². The molecule has 1 heterocycles. The molecule has 1 aromatic rings. The van der Waals surface area contributed by atoms with Crippen LogP contribution in [0.2, 0.25) is 0 Å². The minimum absolute atomic E-state index is 0.0116. The second kappa shape index (κ2) is 7.66. The Morgan fingerprint density at radius 2 is 2.00 bits per heavy atom. The predicted octanol–water partition coefficient (Wildman–Crippen LogP) is 3.51. The van der Waals surface area contributed by atoms with Crippen molar-refractivity contribution in [3.05, 3.63) is 35.9 Å². The molecule has 2 aliphatic rings. The van der Waals surface area contributed by atoms with Gasteiger partial charge in [0.2, 0.25) is 4.38 Å². The third kappa shape index (κ3) is 3.98.